The minimum atomic E-state index is 0.0661. The van der Waals surface area contributed by atoms with E-state index in [1.54, 1.807) is 21.6 Å². The average molecular weight is 693 g/mol. The molecule has 258 valence electrons. The number of ether oxygens (including phenoxy) is 4. The number of hydrogen-bond acceptors (Lipinski definition) is 8. The Hall–Kier alpha value is 0.320. The van der Waals surface area contributed by atoms with Crippen molar-refractivity contribution in [3.8, 4) is 0 Å². The van der Waals surface area contributed by atoms with Gasteiger partial charge in [-0.15, -0.1) is 0 Å². The van der Waals surface area contributed by atoms with E-state index >= 15 is 0 Å². The molecule has 2 saturated heterocycles. The van der Waals surface area contributed by atoms with Crippen LogP contribution in [0.3, 0.4) is 0 Å². The molecule has 2 unspecified atom stereocenters. The molecule has 0 aromatic rings. The summed E-state index contributed by atoms with van der Waals surface area (Å²) in [6.45, 7) is 12.4. The first-order valence-electron chi connectivity index (χ1n) is 17.9. The van der Waals surface area contributed by atoms with E-state index in [0.29, 0.717) is 13.2 Å². The molecule has 2 aliphatic heterocycles. The molecule has 6 nitrogen and oxygen atoms in total. The molecule has 2 rings (SSSR count). The van der Waals surface area contributed by atoms with E-state index in [2.05, 4.69) is 23.6 Å². The van der Waals surface area contributed by atoms with Crippen LogP contribution in [0.4, 0.5) is 0 Å². The van der Waals surface area contributed by atoms with Gasteiger partial charge >= 0.3 is 0 Å². The van der Waals surface area contributed by atoms with Crippen molar-refractivity contribution in [3.05, 3.63) is 0 Å². The Morgan fingerprint density at radius 3 is 1.34 bits per heavy atom. The number of nitrogens with zero attached hydrogens (tertiary/aromatic N) is 2. The van der Waals surface area contributed by atoms with E-state index in [1.165, 1.54) is 89.9 Å². The molecular formula is C34H64N2O4S4. The second kappa shape index (κ2) is 28.3. The first-order chi connectivity index (χ1) is 21.6. The lowest BCUT2D eigenvalue weighted by Crippen LogP contribution is -2.37. The summed E-state index contributed by atoms with van der Waals surface area (Å²) in [6.07, 6.45) is 23.2. The van der Waals surface area contributed by atoms with Crippen molar-refractivity contribution < 1.29 is 18.9 Å². The lowest BCUT2D eigenvalue weighted by Gasteiger charge is -2.27. The number of unbranched alkanes of at least 4 members (excludes halogenated alkanes) is 14. The van der Waals surface area contributed by atoms with Crippen LogP contribution >= 0.6 is 46.0 Å². The van der Waals surface area contributed by atoms with Gasteiger partial charge in [0.15, 0.2) is 0 Å². The zero-order valence-electron chi connectivity index (χ0n) is 28.1. The standard InChI is InChI=1S/C34H64N2O4S4/c1-3-5-7-9-11-13-15-17-23-37-29-31-27-35(21-19-25-39-31)33(41)43-44-34(42)36-22-20-26-40-32(28-36)30-38-24-18-16-14-12-10-8-6-4-2/h31-32H,3-30H2,1-2H3. The monoisotopic (exact) mass is 692 g/mol. The minimum Gasteiger partial charge on any atom is -0.379 e. The Labute approximate surface area is 289 Å². The first-order valence-corrected chi connectivity index (χ1v) is 20.9. The van der Waals surface area contributed by atoms with E-state index in [9.17, 15) is 0 Å². The van der Waals surface area contributed by atoms with Crippen molar-refractivity contribution >= 4 is 54.7 Å². The van der Waals surface area contributed by atoms with Crippen LogP contribution in [0.15, 0.2) is 0 Å². The fraction of sp³-hybridized carbons (Fsp3) is 0.941. The first kappa shape index (κ1) is 40.5. The van der Waals surface area contributed by atoms with E-state index in [-0.39, 0.29) is 12.2 Å². The highest BCUT2D eigenvalue weighted by Gasteiger charge is 2.24. The molecule has 0 amide bonds. The summed E-state index contributed by atoms with van der Waals surface area (Å²) < 4.78 is 26.0. The topological polar surface area (TPSA) is 43.4 Å². The van der Waals surface area contributed by atoms with Crippen LogP contribution in [0, 0.1) is 0 Å². The summed E-state index contributed by atoms with van der Waals surface area (Å²) in [6, 6.07) is 0. The maximum atomic E-state index is 6.09. The fourth-order valence-electron chi connectivity index (χ4n) is 5.61. The van der Waals surface area contributed by atoms with E-state index in [4.69, 9.17) is 43.4 Å². The second-order valence-electron chi connectivity index (χ2n) is 12.4. The molecule has 2 heterocycles. The third-order valence-corrected chi connectivity index (χ3v) is 12.0. The van der Waals surface area contributed by atoms with Crippen LogP contribution in [0.2, 0.25) is 0 Å². The molecule has 10 heteroatoms. The minimum absolute atomic E-state index is 0.0661. The van der Waals surface area contributed by atoms with Gasteiger partial charge in [-0.2, -0.15) is 0 Å². The predicted molar refractivity (Wildman–Crippen MR) is 199 cm³/mol. The van der Waals surface area contributed by atoms with Crippen molar-refractivity contribution in [2.24, 2.45) is 0 Å². The summed E-state index contributed by atoms with van der Waals surface area (Å²) in [7, 11) is 3.21. The highest BCUT2D eigenvalue weighted by Crippen LogP contribution is 2.30. The Kier molecular flexibility index (Phi) is 26.1. The summed E-state index contributed by atoms with van der Waals surface area (Å²) in [5.41, 5.74) is 0. The number of thiocarbonyl (C=S) groups is 2. The molecule has 0 saturated carbocycles. The van der Waals surface area contributed by atoms with E-state index in [0.717, 1.165) is 86.9 Å². The lowest BCUT2D eigenvalue weighted by molar-refractivity contribution is -0.0126. The SMILES string of the molecule is CCCCCCCCCCOCC1CN(C(=S)SSC(=S)N2CCCOC(COCCCCCCCCCC)C2)CCCO1. The molecule has 44 heavy (non-hydrogen) atoms. The zero-order chi connectivity index (χ0) is 31.5. The van der Waals surface area contributed by atoms with Crippen LogP contribution in [0.5, 0.6) is 0 Å². The van der Waals surface area contributed by atoms with Gasteiger partial charge in [0.05, 0.1) is 25.4 Å². The van der Waals surface area contributed by atoms with Crippen molar-refractivity contribution in [3.63, 3.8) is 0 Å². The molecule has 2 aliphatic rings. The van der Waals surface area contributed by atoms with Crippen molar-refractivity contribution in [2.45, 2.75) is 142 Å². The average Bonchev–Trinajstić information content (AvgIpc) is 3.43. The predicted octanol–water partition coefficient (Wildman–Crippen LogP) is 9.43. The quantitative estimate of drug-likeness (QED) is 0.0623. The molecule has 0 aromatic carbocycles. The summed E-state index contributed by atoms with van der Waals surface area (Å²) in [5.74, 6) is 0. The van der Waals surface area contributed by atoms with Gasteiger partial charge in [0.1, 0.15) is 8.64 Å². The lowest BCUT2D eigenvalue weighted by atomic mass is 10.1. The molecule has 2 atom stereocenters. The maximum Gasteiger partial charge on any atom is 0.147 e. The zero-order valence-corrected chi connectivity index (χ0v) is 31.4. The third kappa shape index (κ3) is 20.5. The third-order valence-electron chi connectivity index (χ3n) is 8.29. The van der Waals surface area contributed by atoms with Crippen LogP contribution in [-0.2, 0) is 18.9 Å². The van der Waals surface area contributed by atoms with Gasteiger partial charge in [0.2, 0.25) is 0 Å². The van der Waals surface area contributed by atoms with Gasteiger partial charge < -0.3 is 28.7 Å². The normalized spacial score (nSPS) is 19.6. The van der Waals surface area contributed by atoms with Gasteiger partial charge in [-0.1, -0.05) is 128 Å². The molecule has 0 N–H and O–H groups in total. The molecule has 0 aliphatic carbocycles. The molecule has 0 radical (unpaired) electrons. The van der Waals surface area contributed by atoms with E-state index < -0.39 is 0 Å². The smallest absolute Gasteiger partial charge is 0.147 e. The van der Waals surface area contributed by atoms with Crippen LogP contribution in [0.25, 0.3) is 0 Å². The van der Waals surface area contributed by atoms with Crippen molar-refractivity contribution in [1.29, 1.82) is 0 Å². The molecule has 2 fully saturated rings. The van der Waals surface area contributed by atoms with Gasteiger partial charge in [-0.05, 0) is 47.3 Å². The Morgan fingerprint density at radius 2 is 0.955 bits per heavy atom. The molecule has 0 bridgehead atoms. The van der Waals surface area contributed by atoms with Crippen LogP contribution in [0.1, 0.15) is 129 Å². The second-order valence-corrected chi connectivity index (χ2v) is 15.8. The van der Waals surface area contributed by atoms with Gasteiger partial charge in [0.25, 0.3) is 0 Å². The highest BCUT2D eigenvalue weighted by atomic mass is 33.1. The van der Waals surface area contributed by atoms with Crippen LogP contribution < -0.4 is 0 Å². The summed E-state index contributed by atoms with van der Waals surface area (Å²) in [4.78, 5) is 4.56. The Balaban J connectivity index is 1.58. The van der Waals surface area contributed by atoms with Crippen LogP contribution in [-0.4, -0.2) is 96.5 Å². The Bertz CT molecular complexity index is 663. The fourth-order valence-corrected chi connectivity index (χ4v) is 8.30. The highest BCUT2D eigenvalue weighted by molar-refractivity contribution is 8.89. The van der Waals surface area contributed by atoms with E-state index in [1.807, 2.05) is 0 Å². The van der Waals surface area contributed by atoms with Crippen molar-refractivity contribution in [1.82, 2.24) is 9.80 Å². The molecular weight excluding hydrogens is 629 g/mol. The van der Waals surface area contributed by atoms with Gasteiger partial charge in [-0.25, -0.2) is 0 Å². The Morgan fingerprint density at radius 1 is 0.591 bits per heavy atom. The molecule has 0 spiro atoms. The summed E-state index contributed by atoms with van der Waals surface area (Å²) in [5, 5.41) is 0. The summed E-state index contributed by atoms with van der Waals surface area (Å²) >= 11 is 11.7. The number of rotatable bonds is 22. The van der Waals surface area contributed by atoms with Crippen molar-refractivity contribution in [2.75, 3.05) is 65.8 Å². The molecule has 0 aromatic heterocycles. The number of hydrogen-bond donors (Lipinski definition) is 0. The van der Waals surface area contributed by atoms with Gasteiger partial charge in [0, 0.05) is 52.6 Å². The largest absolute Gasteiger partial charge is 0.379 e. The van der Waals surface area contributed by atoms with Gasteiger partial charge in [-0.3, -0.25) is 0 Å². The maximum absolute atomic E-state index is 6.09.